The molecule has 150 valence electrons. The number of aromatic amines is 1. The fraction of sp³-hybridized carbons (Fsp3) is 0.524. The number of hydrogen-bond acceptors (Lipinski definition) is 7. The molecule has 0 radical (unpaired) electrons. The Balaban J connectivity index is 1.48. The fourth-order valence-corrected chi connectivity index (χ4v) is 4.93. The number of pyridine rings is 1. The van der Waals surface area contributed by atoms with Crippen molar-refractivity contribution in [2.24, 2.45) is 0 Å². The second-order valence-corrected chi connectivity index (χ2v) is 8.14. The van der Waals surface area contributed by atoms with Gasteiger partial charge in [-0.1, -0.05) is 0 Å². The predicted molar refractivity (Wildman–Crippen MR) is 108 cm³/mol. The van der Waals surface area contributed by atoms with Gasteiger partial charge in [0.15, 0.2) is 0 Å². The number of fused-ring (bicyclic) bond motifs is 2. The number of hydrogen-bond donors (Lipinski definition) is 1. The second kappa shape index (κ2) is 7.16. The van der Waals surface area contributed by atoms with E-state index in [2.05, 4.69) is 25.8 Å². The molecular formula is C21H24N6O2. The zero-order valence-corrected chi connectivity index (χ0v) is 16.4. The number of H-pyrrole nitrogens is 1. The van der Waals surface area contributed by atoms with Gasteiger partial charge in [-0.2, -0.15) is 5.26 Å². The normalized spacial score (nSPS) is 23.8. The van der Waals surface area contributed by atoms with Crippen molar-refractivity contribution in [2.45, 2.75) is 31.1 Å². The van der Waals surface area contributed by atoms with E-state index in [9.17, 15) is 4.79 Å². The van der Waals surface area contributed by atoms with E-state index in [1.807, 2.05) is 12.1 Å². The van der Waals surface area contributed by atoms with Crippen molar-refractivity contribution in [2.75, 3.05) is 49.2 Å². The van der Waals surface area contributed by atoms with Crippen molar-refractivity contribution in [3.05, 3.63) is 45.5 Å². The van der Waals surface area contributed by atoms with Gasteiger partial charge in [0.05, 0.1) is 24.5 Å². The molecule has 0 aromatic carbocycles. The van der Waals surface area contributed by atoms with Gasteiger partial charge in [-0.05, 0) is 37.8 Å². The van der Waals surface area contributed by atoms with Crippen molar-refractivity contribution in [3.63, 3.8) is 0 Å². The van der Waals surface area contributed by atoms with E-state index < -0.39 is 0 Å². The van der Waals surface area contributed by atoms with Gasteiger partial charge >= 0.3 is 0 Å². The topological polar surface area (TPSA) is 98.1 Å². The van der Waals surface area contributed by atoms with Crippen molar-refractivity contribution in [3.8, 4) is 6.07 Å². The summed E-state index contributed by atoms with van der Waals surface area (Å²) in [4.78, 5) is 29.7. The molecule has 1 spiro atoms. The number of nitrogens with one attached hydrogen (secondary N) is 1. The molecule has 1 N–H and O–H groups in total. The third-order valence-corrected chi connectivity index (χ3v) is 6.45. The molecule has 1 unspecified atom stereocenters. The van der Waals surface area contributed by atoms with Crippen molar-refractivity contribution in [1.82, 2.24) is 15.0 Å². The Bertz CT molecular complexity index is 1010. The van der Waals surface area contributed by atoms with E-state index >= 15 is 0 Å². The number of piperidine rings is 1. The molecule has 5 rings (SSSR count). The zero-order chi connectivity index (χ0) is 19.8. The Morgan fingerprint density at radius 3 is 2.79 bits per heavy atom. The maximum absolute atomic E-state index is 12.8. The Hall–Kier alpha value is -2.92. The first-order chi connectivity index (χ1) is 14.2. The van der Waals surface area contributed by atoms with Crippen LogP contribution in [0.15, 0.2) is 23.1 Å². The van der Waals surface area contributed by atoms with Gasteiger partial charge in [-0.3, -0.25) is 9.78 Å². The largest absolute Gasteiger partial charge is 0.378 e. The van der Waals surface area contributed by atoms with Gasteiger partial charge < -0.3 is 14.5 Å². The molecule has 1 aliphatic carbocycles. The van der Waals surface area contributed by atoms with Gasteiger partial charge in [0.25, 0.3) is 5.56 Å². The van der Waals surface area contributed by atoms with Crippen LogP contribution in [0, 0.1) is 11.3 Å². The quantitative estimate of drug-likeness (QED) is 0.824. The Labute approximate surface area is 169 Å². The van der Waals surface area contributed by atoms with Gasteiger partial charge in [-0.25, -0.2) is 9.97 Å². The lowest BCUT2D eigenvalue weighted by molar-refractivity contribution is 0.122. The first-order valence-electron chi connectivity index (χ1n) is 10.3. The molecule has 4 heterocycles. The Morgan fingerprint density at radius 1 is 1.17 bits per heavy atom. The summed E-state index contributed by atoms with van der Waals surface area (Å²) in [6.07, 6.45) is 5.40. The third kappa shape index (κ3) is 3.15. The highest BCUT2D eigenvalue weighted by molar-refractivity contribution is 5.47. The molecule has 2 saturated heterocycles. The van der Waals surface area contributed by atoms with Crippen LogP contribution in [0.25, 0.3) is 0 Å². The number of nitrogens with zero attached hydrogens (tertiary/aromatic N) is 5. The first kappa shape index (κ1) is 18.1. The molecule has 2 aromatic rings. The zero-order valence-electron chi connectivity index (χ0n) is 16.4. The minimum Gasteiger partial charge on any atom is -0.378 e. The number of anilines is 2. The van der Waals surface area contributed by atoms with Gasteiger partial charge in [0, 0.05) is 43.4 Å². The predicted octanol–water partition coefficient (Wildman–Crippen LogP) is 1.36. The van der Waals surface area contributed by atoms with Crippen LogP contribution < -0.4 is 15.4 Å². The average molecular weight is 392 g/mol. The molecule has 0 bridgehead atoms. The highest BCUT2D eigenvalue weighted by atomic mass is 16.5. The summed E-state index contributed by atoms with van der Waals surface area (Å²) in [6, 6.07) is 5.85. The summed E-state index contributed by atoms with van der Waals surface area (Å²) in [5.41, 5.74) is 2.27. The lowest BCUT2D eigenvalue weighted by Gasteiger charge is -2.41. The van der Waals surface area contributed by atoms with Gasteiger partial charge in [0.2, 0.25) is 5.95 Å². The highest BCUT2D eigenvalue weighted by Gasteiger charge is 2.45. The van der Waals surface area contributed by atoms with Gasteiger partial charge in [-0.15, -0.1) is 0 Å². The minimum atomic E-state index is -0.113. The molecule has 2 aromatic heterocycles. The first-order valence-corrected chi connectivity index (χ1v) is 10.3. The van der Waals surface area contributed by atoms with E-state index in [-0.39, 0.29) is 11.0 Å². The lowest BCUT2D eigenvalue weighted by atomic mass is 9.77. The van der Waals surface area contributed by atoms with Crippen LogP contribution in [-0.2, 0) is 16.6 Å². The molecule has 8 nitrogen and oxygen atoms in total. The summed E-state index contributed by atoms with van der Waals surface area (Å²) < 4.78 is 5.44. The summed E-state index contributed by atoms with van der Waals surface area (Å²) in [7, 11) is 0. The summed E-state index contributed by atoms with van der Waals surface area (Å²) in [5.74, 6) is 1.56. The molecule has 29 heavy (non-hydrogen) atoms. The molecule has 1 atom stereocenters. The SMILES string of the molecule is N#Cc1ccc(N2CCCC3(CCc4c3nc(N3CCOCC3)[nH]c4=O)C2)nc1. The number of aromatic nitrogens is 3. The maximum Gasteiger partial charge on any atom is 0.255 e. The lowest BCUT2D eigenvalue weighted by Crippen LogP contribution is -2.46. The maximum atomic E-state index is 12.8. The Kier molecular flexibility index (Phi) is 4.47. The van der Waals surface area contributed by atoms with Crippen LogP contribution in [0.3, 0.4) is 0 Å². The van der Waals surface area contributed by atoms with Crippen LogP contribution in [0.1, 0.15) is 36.1 Å². The van der Waals surface area contributed by atoms with Crippen molar-refractivity contribution >= 4 is 11.8 Å². The fourth-order valence-electron chi connectivity index (χ4n) is 4.93. The number of rotatable bonds is 2. The second-order valence-electron chi connectivity index (χ2n) is 8.14. The summed E-state index contributed by atoms with van der Waals surface area (Å²) >= 11 is 0. The van der Waals surface area contributed by atoms with Gasteiger partial charge in [0.1, 0.15) is 11.9 Å². The van der Waals surface area contributed by atoms with Crippen LogP contribution in [0.4, 0.5) is 11.8 Å². The number of ether oxygens (including phenoxy) is 1. The van der Waals surface area contributed by atoms with E-state index in [1.165, 1.54) is 0 Å². The van der Waals surface area contributed by atoms with Crippen molar-refractivity contribution in [1.29, 1.82) is 5.26 Å². The molecular weight excluding hydrogens is 368 g/mol. The van der Waals surface area contributed by atoms with E-state index in [0.717, 1.165) is 68.9 Å². The van der Waals surface area contributed by atoms with Crippen LogP contribution in [0.5, 0.6) is 0 Å². The monoisotopic (exact) mass is 392 g/mol. The minimum absolute atomic E-state index is 0.00184. The smallest absolute Gasteiger partial charge is 0.255 e. The van der Waals surface area contributed by atoms with Crippen LogP contribution in [0.2, 0.25) is 0 Å². The molecule has 0 amide bonds. The van der Waals surface area contributed by atoms with Crippen molar-refractivity contribution < 1.29 is 4.74 Å². The third-order valence-electron chi connectivity index (χ3n) is 6.45. The van der Waals surface area contributed by atoms with E-state index in [1.54, 1.807) is 6.20 Å². The van der Waals surface area contributed by atoms with E-state index in [0.29, 0.717) is 24.7 Å². The molecule has 3 aliphatic rings. The average Bonchev–Trinajstić information content (AvgIpc) is 3.12. The van der Waals surface area contributed by atoms with E-state index in [4.69, 9.17) is 15.0 Å². The standard InChI is InChI=1S/C21H24N6O2/c22-12-15-2-3-17(23-13-15)27-7-1-5-21(14-27)6-4-16-18(21)24-20(25-19(16)28)26-8-10-29-11-9-26/h2-3,13H,1,4-11,14H2,(H,24,25,28). The molecule has 0 saturated carbocycles. The Morgan fingerprint density at radius 2 is 2.03 bits per heavy atom. The van der Waals surface area contributed by atoms with Crippen LogP contribution in [-0.4, -0.2) is 54.3 Å². The molecule has 2 fully saturated rings. The molecule has 8 heteroatoms. The number of morpholine rings is 1. The highest BCUT2D eigenvalue weighted by Crippen LogP contribution is 2.44. The van der Waals surface area contributed by atoms with Crippen LogP contribution >= 0.6 is 0 Å². The number of nitriles is 1. The summed E-state index contributed by atoms with van der Waals surface area (Å²) in [5, 5.41) is 9.02. The molecule has 2 aliphatic heterocycles. The summed E-state index contributed by atoms with van der Waals surface area (Å²) in [6.45, 7) is 4.54.